The van der Waals surface area contributed by atoms with Gasteiger partial charge in [-0.2, -0.15) is 0 Å². The van der Waals surface area contributed by atoms with Gasteiger partial charge >= 0.3 is 0 Å². The molecule has 1 saturated heterocycles. The summed E-state index contributed by atoms with van der Waals surface area (Å²) in [6, 6.07) is 1.62. The van der Waals surface area contributed by atoms with E-state index in [0.29, 0.717) is 0 Å². The molecule has 0 atom stereocenters. The highest BCUT2D eigenvalue weighted by Gasteiger charge is 2.20. The van der Waals surface area contributed by atoms with E-state index in [-0.39, 0.29) is 0 Å². The molecule has 0 radical (unpaired) electrons. The van der Waals surface area contributed by atoms with Crippen LogP contribution in [0.25, 0.3) is 0 Å². The summed E-state index contributed by atoms with van der Waals surface area (Å²) in [5.41, 5.74) is 0. The second-order valence-corrected chi connectivity index (χ2v) is 6.30. The monoisotopic (exact) mass is 253 g/mol. The van der Waals surface area contributed by atoms with Gasteiger partial charge in [-0.15, -0.1) is 0 Å². The Morgan fingerprint density at radius 1 is 1.06 bits per heavy atom. The predicted octanol–water partition coefficient (Wildman–Crippen LogP) is 1.93. The standard InChI is InChI=1S/C15H31N3/c1-17-11-8-15(9-12-17)18(2)13-10-16-14-6-4-3-5-7-14/h14-16H,3-13H2,1-2H3. The molecule has 0 bridgehead atoms. The zero-order chi connectivity index (χ0) is 12.8. The second-order valence-electron chi connectivity index (χ2n) is 6.30. The zero-order valence-corrected chi connectivity index (χ0v) is 12.3. The van der Waals surface area contributed by atoms with E-state index in [0.717, 1.165) is 12.1 Å². The molecule has 3 heteroatoms. The fourth-order valence-electron chi connectivity index (χ4n) is 3.37. The van der Waals surface area contributed by atoms with E-state index in [1.54, 1.807) is 0 Å². The van der Waals surface area contributed by atoms with Crippen molar-refractivity contribution in [3.63, 3.8) is 0 Å². The van der Waals surface area contributed by atoms with E-state index in [1.807, 2.05) is 0 Å². The van der Waals surface area contributed by atoms with Gasteiger partial charge in [-0.3, -0.25) is 0 Å². The third-order valence-electron chi connectivity index (χ3n) is 4.81. The molecule has 0 aromatic rings. The molecule has 2 rings (SSSR count). The Hall–Kier alpha value is -0.120. The summed E-state index contributed by atoms with van der Waals surface area (Å²) in [5, 5.41) is 3.75. The van der Waals surface area contributed by atoms with E-state index in [2.05, 4.69) is 29.2 Å². The van der Waals surface area contributed by atoms with Gasteiger partial charge < -0.3 is 15.1 Å². The van der Waals surface area contributed by atoms with Gasteiger partial charge in [0.05, 0.1) is 0 Å². The molecule has 1 saturated carbocycles. The van der Waals surface area contributed by atoms with Crippen molar-refractivity contribution in [2.45, 2.75) is 57.0 Å². The Labute approximate surface area is 113 Å². The van der Waals surface area contributed by atoms with Gasteiger partial charge in [0.15, 0.2) is 0 Å². The number of hydrogen-bond acceptors (Lipinski definition) is 3. The van der Waals surface area contributed by atoms with Crippen molar-refractivity contribution in [2.75, 3.05) is 40.3 Å². The van der Waals surface area contributed by atoms with E-state index < -0.39 is 0 Å². The highest BCUT2D eigenvalue weighted by molar-refractivity contribution is 4.78. The van der Waals surface area contributed by atoms with Gasteiger partial charge in [-0.25, -0.2) is 0 Å². The minimum Gasteiger partial charge on any atom is -0.313 e. The van der Waals surface area contributed by atoms with Crippen molar-refractivity contribution in [1.29, 1.82) is 0 Å². The molecule has 1 aliphatic heterocycles. The lowest BCUT2D eigenvalue weighted by Gasteiger charge is -2.35. The Morgan fingerprint density at radius 2 is 1.72 bits per heavy atom. The SMILES string of the molecule is CN1CCC(N(C)CCNC2CCCCC2)CC1. The average molecular weight is 253 g/mol. The van der Waals surface area contributed by atoms with Gasteiger partial charge in [0, 0.05) is 25.2 Å². The van der Waals surface area contributed by atoms with Crippen LogP contribution < -0.4 is 5.32 Å². The molecule has 2 aliphatic rings. The first-order valence-corrected chi connectivity index (χ1v) is 7.88. The Morgan fingerprint density at radius 3 is 2.39 bits per heavy atom. The number of rotatable bonds is 5. The molecule has 18 heavy (non-hydrogen) atoms. The molecule has 0 amide bonds. The summed E-state index contributed by atoms with van der Waals surface area (Å²) >= 11 is 0. The van der Waals surface area contributed by atoms with Crippen LogP contribution in [0, 0.1) is 0 Å². The number of likely N-dealkylation sites (N-methyl/N-ethyl adjacent to an activating group) is 1. The van der Waals surface area contributed by atoms with Crippen LogP contribution in [0.4, 0.5) is 0 Å². The highest BCUT2D eigenvalue weighted by atomic mass is 15.2. The number of likely N-dealkylation sites (tertiary alicyclic amines) is 1. The molecule has 0 aromatic heterocycles. The minimum atomic E-state index is 0.810. The van der Waals surface area contributed by atoms with Gasteiger partial charge in [0.2, 0.25) is 0 Å². The van der Waals surface area contributed by atoms with Gasteiger partial charge in [0.25, 0.3) is 0 Å². The van der Waals surface area contributed by atoms with Crippen LogP contribution in [0.15, 0.2) is 0 Å². The maximum Gasteiger partial charge on any atom is 0.0117 e. The van der Waals surface area contributed by atoms with E-state index in [1.165, 1.54) is 71.1 Å². The normalized spacial score (nSPS) is 24.8. The molecule has 0 spiro atoms. The van der Waals surface area contributed by atoms with Gasteiger partial charge in [0.1, 0.15) is 0 Å². The smallest absolute Gasteiger partial charge is 0.0117 e. The van der Waals surface area contributed by atoms with Crippen molar-refractivity contribution in [3.8, 4) is 0 Å². The highest BCUT2D eigenvalue weighted by Crippen LogP contribution is 2.17. The fourth-order valence-corrected chi connectivity index (χ4v) is 3.37. The lowest BCUT2D eigenvalue weighted by Crippen LogP contribution is -2.45. The van der Waals surface area contributed by atoms with Crippen molar-refractivity contribution >= 4 is 0 Å². The van der Waals surface area contributed by atoms with Gasteiger partial charge in [-0.1, -0.05) is 19.3 Å². The van der Waals surface area contributed by atoms with Gasteiger partial charge in [-0.05, 0) is 52.9 Å². The van der Waals surface area contributed by atoms with Crippen LogP contribution in [0.1, 0.15) is 44.9 Å². The van der Waals surface area contributed by atoms with Crippen LogP contribution in [0.2, 0.25) is 0 Å². The lowest BCUT2D eigenvalue weighted by molar-refractivity contribution is 0.143. The van der Waals surface area contributed by atoms with Crippen LogP contribution in [0.5, 0.6) is 0 Å². The third kappa shape index (κ3) is 4.52. The summed E-state index contributed by atoms with van der Waals surface area (Å²) in [4.78, 5) is 5.02. The predicted molar refractivity (Wildman–Crippen MR) is 78.0 cm³/mol. The van der Waals surface area contributed by atoms with Crippen molar-refractivity contribution in [1.82, 2.24) is 15.1 Å². The summed E-state index contributed by atoms with van der Waals surface area (Å²) < 4.78 is 0. The number of nitrogens with zero attached hydrogens (tertiary/aromatic N) is 2. The molecule has 2 fully saturated rings. The number of nitrogens with one attached hydrogen (secondary N) is 1. The molecular formula is C15H31N3. The van der Waals surface area contributed by atoms with Crippen LogP contribution in [-0.4, -0.2) is 62.2 Å². The summed E-state index contributed by atoms with van der Waals surface area (Å²) in [5.74, 6) is 0. The first-order chi connectivity index (χ1) is 8.75. The first-order valence-electron chi connectivity index (χ1n) is 7.88. The first kappa shape index (κ1) is 14.3. The van der Waals surface area contributed by atoms with Crippen molar-refractivity contribution in [3.05, 3.63) is 0 Å². The Bertz CT molecular complexity index is 218. The topological polar surface area (TPSA) is 18.5 Å². The van der Waals surface area contributed by atoms with Crippen LogP contribution in [-0.2, 0) is 0 Å². The number of hydrogen-bond donors (Lipinski definition) is 1. The average Bonchev–Trinajstić information content (AvgIpc) is 2.40. The molecule has 0 unspecified atom stereocenters. The van der Waals surface area contributed by atoms with Crippen molar-refractivity contribution in [2.24, 2.45) is 0 Å². The summed E-state index contributed by atoms with van der Waals surface area (Å²) in [7, 11) is 4.54. The second kappa shape index (κ2) is 7.46. The molecule has 3 nitrogen and oxygen atoms in total. The molecule has 1 N–H and O–H groups in total. The van der Waals surface area contributed by atoms with Crippen LogP contribution in [0.3, 0.4) is 0 Å². The Balaban J connectivity index is 1.57. The quantitative estimate of drug-likeness (QED) is 0.808. The zero-order valence-electron chi connectivity index (χ0n) is 12.3. The Kier molecular flexibility index (Phi) is 5.93. The minimum absolute atomic E-state index is 0.810. The molecule has 1 aliphatic carbocycles. The molecule has 1 heterocycles. The molecule has 106 valence electrons. The van der Waals surface area contributed by atoms with Crippen molar-refractivity contribution < 1.29 is 0 Å². The van der Waals surface area contributed by atoms with E-state index in [9.17, 15) is 0 Å². The summed E-state index contributed by atoms with van der Waals surface area (Å²) in [6.07, 6.45) is 9.81. The fraction of sp³-hybridized carbons (Fsp3) is 1.00. The largest absolute Gasteiger partial charge is 0.313 e. The number of piperidine rings is 1. The summed E-state index contributed by atoms with van der Waals surface area (Å²) in [6.45, 7) is 4.93. The van der Waals surface area contributed by atoms with Crippen LogP contribution >= 0.6 is 0 Å². The molecule has 0 aromatic carbocycles. The van der Waals surface area contributed by atoms with E-state index >= 15 is 0 Å². The maximum atomic E-state index is 3.75. The van der Waals surface area contributed by atoms with E-state index in [4.69, 9.17) is 0 Å². The molecular weight excluding hydrogens is 222 g/mol. The third-order valence-corrected chi connectivity index (χ3v) is 4.81. The lowest BCUT2D eigenvalue weighted by atomic mass is 9.95. The maximum absolute atomic E-state index is 3.75.